The summed E-state index contributed by atoms with van der Waals surface area (Å²) in [5, 5.41) is 5.42. The summed E-state index contributed by atoms with van der Waals surface area (Å²) < 4.78 is 32.3. The molecule has 2 aromatic carbocycles. The number of halogens is 2. The molecule has 0 aromatic heterocycles. The Morgan fingerprint density at radius 3 is 2.52 bits per heavy atom. The minimum atomic E-state index is -0.814. The summed E-state index contributed by atoms with van der Waals surface area (Å²) in [4.78, 5) is 25.4. The van der Waals surface area contributed by atoms with Gasteiger partial charge < -0.3 is 15.4 Å². The first-order valence-corrected chi connectivity index (χ1v) is 10.4. The second-order valence-electron chi connectivity index (χ2n) is 6.40. The maximum absolute atomic E-state index is 14.0. The molecule has 0 aliphatic carbocycles. The van der Waals surface area contributed by atoms with E-state index in [9.17, 15) is 18.4 Å². The van der Waals surface area contributed by atoms with Gasteiger partial charge in [0.15, 0.2) is 0 Å². The number of thioether (sulfide) groups is 1. The highest BCUT2D eigenvalue weighted by Crippen LogP contribution is 2.19. The van der Waals surface area contributed by atoms with Gasteiger partial charge in [0.2, 0.25) is 5.91 Å². The van der Waals surface area contributed by atoms with Crippen LogP contribution in [-0.2, 0) is 4.79 Å². The first-order valence-electron chi connectivity index (χ1n) is 9.05. The number of hydrogen-bond donors (Lipinski definition) is 2. The lowest BCUT2D eigenvalue weighted by atomic mass is 10.1. The summed E-state index contributed by atoms with van der Waals surface area (Å²) in [6.45, 7) is 1.60. The van der Waals surface area contributed by atoms with Crippen molar-refractivity contribution in [2.24, 2.45) is 0 Å². The fourth-order valence-corrected chi connectivity index (χ4v) is 3.29. The van der Waals surface area contributed by atoms with Crippen LogP contribution in [0.4, 0.5) is 8.78 Å². The zero-order valence-electron chi connectivity index (χ0n) is 16.5. The van der Waals surface area contributed by atoms with E-state index < -0.39 is 35.5 Å². The molecule has 0 saturated carbocycles. The van der Waals surface area contributed by atoms with Crippen LogP contribution in [0, 0.1) is 11.6 Å². The second-order valence-corrected chi connectivity index (χ2v) is 7.39. The molecule has 0 aliphatic heterocycles. The third kappa shape index (κ3) is 6.19. The molecule has 0 aliphatic rings. The van der Waals surface area contributed by atoms with Gasteiger partial charge in [-0.05, 0) is 43.6 Å². The number of rotatable bonds is 9. The highest BCUT2D eigenvalue weighted by Gasteiger charge is 2.24. The number of ether oxygens (including phenoxy) is 1. The summed E-state index contributed by atoms with van der Waals surface area (Å²) >= 11 is 1.54. The molecule has 8 heteroatoms. The maximum atomic E-state index is 14.0. The monoisotopic (exact) mass is 422 g/mol. The minimum Gasteiger partial charge on any atom is -0.496 e. The van der Waals surface area contributed by atoms with Gasteiger partial charge in [-0.2, -0.15) is 11.8 Å². The van der Waals surface area contributed by atoms with Crippen LogP contribution in [0.1, 0.15) is 35.3 Å². The van der Waals surface area contributed by atoms with E-state index in [1.807, 2.05) is 6.26 Å². The lowest BCUT2D eigenvalue weighted by Gasteiger charge is -2.22. The van der Waals surface area contributed by atoms with Gasteiger partial charge in [-0.1, -0.05) is 18.2 Å². The fraction of sp³-hybridized carbons (Fsp3) is 0.333. The Morgan fingerprint density at radius 2 is 1.86 bits per heavy atom. The number of hydrogen-bond acceptors (Lipinski definition) is 4. The lowest BCUT2D eigenvalue weighted by Crippen LogP contribution is -2.47. The minimum absolute atomic E-state index is 0.166. The van der Waals surface area contributed by atoms with Crippen LogP contribution in [-0.4, -0.2) is 37.0 Å². The molecular weight excluding hydrogens is 398 g/mol. The Labute approximate surface area is 173 Å². The standard InChI is InChI=1S/C21H24F2N2O3S/c1-13(15-9-8-14(22)12-17(15)23)24-21(27)18(10-11-29-3)25-20(26)16-6-4-5-7-19(16)28-2/h4-9,12-13,18H,10-11H2,1-3H3,(H,24,27)(H,25,26). The molecule has 2 N–H and O–H groups in total. The number of amides is 2. The Morgan fingerprint density at radius 1 is 1.14 bits per heavy atom. The quantitative estimate of drug-likeness (QED) is 0.647. The molecular formula is C21H24F2N2O3S. The van der Waals surface area contributed by atoms with Crippen LogP contribution in [0.15, 0.2) is 42.5 Å². The van der Waals surface area contributed by atoms with Gasteiger partial charge in [-0.15, -0.1) is 0 Å². The van der Waals surface area contributed by atoms with Crippen LogP contribution < -0.4 is 15.4 Å². The molecule has 0 bridgehead atoms. The van der Waals surface area contributed by atoms with E-state index in [-0.39, 0.29) is 5.56 Å². The van der Waals surface area contributed by atoms with Crippen molar-refractivity contribution >= 4 is 23.6 Å². The van der Waals surface area contributed by atoms with Crippen molar-refractivity contribution in [2.75, 3.05) is 19.1 Å². The van der Waals surface area contributed by atoms with Gasteiger partial charge in [0.1, 0.15) is 23.4 Å². The Hall–Kier alpha value is -2.61. The van der Waals surface area contributed by atoms with E-state index in [4.69, 9.17) is 4.74 Å². The van der Waals surface area contributed by atoms with E-state index in [2.05, 4.69) is 10.6 Å². The van der Waals surface area contributed by atoms with E-state index >= 15 is 0 Å². The average Bonchev–Trinajstić information content (AvgIpc) is 2.70. The lowest BCUT2D eigenvalue weighted by molar-refractivity contribution is -0.123. The molecule has 0 saturated heterocycles. The van der Waals surface area contributed by atoms with Crippen molar-refractivity contribution in [1.82, 2.24) is 10.6 Å². The third-order valence-electron chi connectivity index (χ3n) is 4.37. The van der Waals surface area contributed by atoms with Crippen molar-refractivity contribution < 1.29 is 23.1 Å². The van der Waals surface area contributed by atoms with Crippen LogP contribution in [0.25, 0.3) is 0 Å². The predicted octanol–water partition coefficient (Wildman–Crippen LogP) is 3.70. The summed E-state index contributed by atoms with van der Waals surface area (Å²) in [5.41, 5.74) is 0.481. The number of para-hydroxylation sites is 1. The van der Waals surface area contributed by atoms with Gasteiger partial charge in [0, 0.05) is 11.6 Å². The number of nitrogens with one attached hydrogen (secondary N) is 2. The molecule has 5 nitrogen and oxygen atoms in total. The van der Waals surface area contributed by atoms with Gasteiger partial charge in [-0.3, -0.25) is 9.59 Å². The molecule has 0 radical (unpaired) electrons. The predicted molar refractivity (Wildman–Crippen MR) is 110 cm³/mol. The van der Waals surface area contributed by atoms with E-state index in [1.54, 1.807) is 31.2 Å². The highest BCUT2D eigenvalue weighted by molar-refractivity contribution is 7.98. The molecule has 2 atom stereocenters. The van der Waals surface area contributed by atoms with E-state index in [0.29, 0.717) is 23.5 Å². The summed E-state index contributed by atoms with van der Waals surface area (Å²) in [5.74, 6) is -1.27. The number of carbonyl (C=O) groups excluding carboxylic acids is 2. The topological polar surface area (TPSA) is 67.4 Å². The summed E-state index contributed by atoms with van der Waals surface area (Å²) in [6.07, 6.45) is 2.29. The molecule has 0 fully saturated rings. The maximum Gasteiger partial charge on any atom is 0.255 e. The van der Waals surface area contributed by atoms with Crippen LogP contribution in [0.2, 0.25) is 0 Å². The summed E-state index contributed by atoms with van der Waals surface area (Å²) in [6, 6.07) is 8.40. The van der Waals surface area contributed by atoms with Gasteiger partial charge in [0.25, 0.3) is 5.91 Å². The first kappa shape index (κ1) is 22.7. The molecule has 0 heterocycles. The average molecular weight is 422 g/mol. The normalized spacial score (nSPS) is 12.7. The smallest absolute Gasteiger partial charge is 0.255 e. The molecule has 29 heavy (non-hydrogen) atoms. The number of methoxy groups -OCH3 is 1. The Balaban J connectivity index is 2.13. The molecule has 2 aromatic rings. The largest absolute Gasteiger partial charge is 0.496 e. The first-order chi connectivity index (χ1) is 13.9. The van der Waals surface area contributed by atoms with Gasteiger partial charge >= 0.3 is 0 Å². The number of carbonyl (C=O) groups is 2. The van der Waals surface area contributed by atoms with Crippen LogP contribution >= 0.6 is 11.8 Å². The van der Waals surface area contributed by atoms with Gasteiger partial charge in [0.05, 0.1) is 18.7 Å². The zero-order valence-corrected chi connectivity index (χ0v) is 17.3. The molecule has 0 spiro atoms. The fourth-order valence-electron chi connectivity index (χ4n) is 2.82. The molecule has 2 unspecified atom stereocenters. The van der Waals surface area contributed by atoms with Gasteiger partial charge in [-0.25, -0.2) is 8.78 Å². The number of benzene rings is 2. The molecule has 2 rings (SSSR count). The summed E-state index contributed by atoms with van der Waals surface area (Å²) in [7, 11) is 1.46. The van der Waals surface area contributed by atoms with E-state index in [0.717, 1.165) is 12.1 Å². The van der Waals surface area contributed by atoms with Crippen molar-refractivity contribution in [2.45, 2.75) is 25.4 Å². The van der Waals surface area contributed by atoms with Crippen molar-refractivity contribution in [3.8, 4) is 5.75 Å². The van der Waals surface area contributed by atoms with Crippen LogP contribution in [0.5, 0.6) is 5.75 Å². The Kier molecular flexibility index (Phi) is 8.45. The van der Waals surface area contributed by atoms with E-state index in [1.165, 1.54) is 24.9 Å². The van der Waals surface area contributed by atoms with Crippen LogP contribution in [0.3, 0.4) is 0 Å². The Bertz CT molecular complexity index is 864. The van der Waals surface area contributed by atoms with Crippen molar-refractivity contribution in [3.63, 3.8) is 0 Å². The molecule has 2 amide bonds. The molecule has 156 valence electrons. The highest BCUT2D eigenvalue weighted by atomic mass is 32.2. The third-order valence-corrected chi connectivity index (χ3v) is 5.02. The second kappa shape index (κ2) is 10.8. The SMILES string of the molecule is COc1ccccc1C(=O)NC(CCSC)C(=O)NC(C)c1ccc(F)cc1F. The van der Waals surface area contributed by atoms with Crippen molar-refractivity contribution in [3.05, 3.63) is 65.2 Å². The zero-order chi connectivity index (χ0) is 21.4. The van der Waals surface area contributed by atoms with Crippen molar-refractivity contribution in [1.29, 1.82) is 0 Å².